The number of para-hydroxylation sites is 1. The average molecular weight is 672 g/mol. The molecule has 3 aromatic carbocycles. The number of nitrogens with one attached hydrogen (secondary N) is 2. The highest BCUT2D eigenvalue weighted by atomic mass is 16.6. The summed E-state index contributed by atoms with van der Waals surface area (Å²) in [5, 5.41) is 5.68. The number of anilines is 2. The van der Waals surface area contributed by atoms with Crippen LogP contribution < -0.4 is 10.6 Å². The minimum Gasteiger partial charge on any atom is -0.449 e. The van der Waals surface area contributed by atoms with E-state index in [0.29, 0.717) is 19.6 Å². The Bertz CT molecular complexity index is 1440. The van der Waals surface area contributed by atoms with Gasteiger partial charge in [-0.3, -0.25) is 15.4 Å². The summed E-state index contributed by atoms with van der Waals surface area (Å²) in [6, 6.07) is 25.5. The van der Waals surface area contributed by atoms with Crippen molar-refractivity contribution >= 4 is 29.5 Å². The number of ether oxygens (including phenoxy) is 2. The lowest BCUT2D eigenvalue weighted by molar-refractivity contribution is -0.130. The summed E-state index contributed by atoms with van der Waals surface area (Å²) in [6.07, 6.45) is 4.85. The number of carbonyl (C=O) groups excluding carboxylic acids is 3. The third kappa shape index (κ3) is 13.2. The Morgan fingerprint density at radius 1 is 0.816 bits per heavy atom. The molecule has 2 N–H and O–H groups in total. The summed E-state index contributed by atoms with van der Waals surface area (Å²) in [5.74, 6) is 0.186. The Balaban J connectivity index is 1.04. The first-order valence-corrected chi connectivity index (χ1v) is 17.6. The smallest absolute Gasteiger partial charge is 0.411 e. The molecule has 1 heterocycles. The molecule has 0 aromatic heterocycles. The molecule has 264 valence electrons. The van der Waals surface area contributed by atoms with Crippen LogP contribution in [0.5, 0.6) is 0 Å². The van der Waals surface area contributed by atoms with E-state index < -0.39 is 12.2 Å². The first kappa shape index (κ1) is 37.4. The van der Waals surface area contributed by atoms with E-state index >= 15 is 0 Å². The van der Waals surface area contributed by atoms with Crippen molar-refractivity contribution in [3.8, 4) is 11.1 Å². The Hall–Kier alpha value is -4.41. The van der Waals surface area contributed by atoms with E-state index in [2.05, 4.69) is 27.5 Å². The summed E-state index contributed by atoms with van der Waals surface area (Å²) < 4.78 is 10.8. The molecule has 0 aliphatic carbocycles. The molecule has 3 amide bonds. The Morgan fingerprint density at radius 2 is 1.53 bits per heavy atom. The summed E-state index contributed by atoms with van der Waals surface area (Å²) in [6.45, 7) is 7.33. The van der Waals surface area contributed by atoms with Crippen LogP contribution in [0.4, 0.5) is 21.0 Å². The van der Waals surface area contributed by atoms with Crippen LogP contribution in [0.2, 0.25) is 0 Å². The molecule has 10 nitrogen and oxygen atoms in total. The van der Waals surface area contributed by atoms with Crippen molar-refractivity contribution in [3.05, 3.63) is 84.4 Å². The number of rotatable bonds is 17. The first-order chi connectivity index (χ1) is 23.8. The van der Waals surface area contributed by atoms with Crippen LogP contribution in [0.3, 0.4) is 0 Å². The van der Waals surface area contributed by atoms with Gasteiger partial charge in [0.15, 0.2) is 0 Å². The summed E-state index contributed by atoms with van der Waals surface area (Å²) >= 11 is 0. The van der Waals surface area contributed by atoms with E-state index in [9.17, 15) is 14.4 Å². The van der Waals surface area contributed by atoms with Crippen molar-refractivity contribution in [2.45, 2.75) is 64.5 Å². The lowest BCUT2D eigenvalue weighted by Gasteiger charge is -2.32. The summed E-state index contributed by atoms with van der Waals surface area (Å²) in [7, 11) is 3.99. The fourth-order valence-electron chi connectivity index (χ4n) is 5.88. The van der Waals surface area contributed by atoms with Crippen LogP contribution in [-0.4, -0.2) is 92.3 Å². The molecular formula is C39H53N5O5. The van der Waals surface area contributed by atoms with Crippen molar-refractivity contribution < 1.29 is 23.9 Å². The van der Waals surface area contributed by atoms with E-state index in [1.54, 1.807) is 0 Å². The highest BCUT2D eigenvalue weighted by molar-refractivity contribution is 5.91. The Kier molecular flexibility index (Phi) is 15.4. The topological polar surface area (TPSA) is 103 Å². The molecule has 0 radical (unpaired) electrons. The van der Waals surface area contributed by atoms with E-state index in [1.165, 1.54) is 5.56 Å². The van der Waals surface area contributed by atoms with Gasteiger partial charge >= 0.3 is 12.2 Å². The number of hydrogen-bond donors (Lipinski definition) is 2. The fraction of sp³-hybridized carbons (Fsp3) is 0.462. The predicted octanol–water partition coefficient (Wildman–Crippen LogP) is 7.48. The second-order valence-corrected chi connectivity index (χ2v) is 12.8. The van der Waals surface area contributed by atoms with Gasteiger partial charge in [-0.15, -0.1) is 0 Å². The molecule has 1 aliphatic rings. The van der Waals surface area contributed by atoms with Gasteiger partial charge in [0.25, 0.3) is 0 Å². The Morgan fingerprint density at radius 3 is 2.27 bits per heavy atom. The number of benzene rings is 3. The number of amides is 3. The number of carbonyl (C=O) groups is 3. The number of nitrogens with zero attached hydrogens (tertiary/aromatic N) is 3. The number of likely N-dealkylation sites (tertiary alicyclic amines) is 1. The highest BCUT2D eigenvalue weighted by Gasteiger charge is 2.23. The molecule has 1 saturated heterocycles. The highest BCUT2D eigenvalue weighted by Crippen LogP contribution is 2.28. The molecule has 10 heteroatoms. The van der Waals surface area contributed by atoms with Crippen LogP contribution in [-0.2, 0) is 20.8 Å². The molecule has 1 aliphatic heterocycles. The van der Waals surface area contributed by atoms with Crippen LogP contribution >= 0.6 is 0 Å². The molecule has 4 rings (SSSR count). The van der Waals surface area contributed by atoms with Gasteiger partial charge in [0.05, 0.1) is 12.3 Å². The summed E-state index contributed by atoms with van der Waals surface area (Å²) in [4.78, 5) is 43.6. The van der Waals surface area contributed by atoms with Crippen molar-refractivity contribution in [2.24, 2.45) is 0 Å². The first-order valence-electron chi connectivity index (χ1n) is 17.6. The van der Waals surface area contributed by atoms with Crippen molar-refractivity contribution in [1.29, 1.82) is 0 Å². The van der Waals surface area contributed by atoms with Crippen LogP contribution in [0.25, 0.3) is 11.1 Å². The third-order valence-corrected chi connectivity index (χ3v) is 8.75. The lowest BCUT2D eigenvalue weighted by Crippen LogP contribution is -2.42. The van der Waals surface area contributed by atoms with Crippen LogP contribution in [0.1, 0.15) is 57.4 Å². The van der Waals surface area contributed by atoms with Gasteiger partial charge in [-0.05, 0) is 75.0 Å². The van der Waals surface area contributed by atoms with E-state index in [1.807, 2.05) is 97.7 Å². The third-order valence-electron chi connectivity index (χ3n) is 8.75. The number of piperidine rings is 1. The van der Waals surface area contributed by atoms with Gasteiger partial charge in [-0.1, -0.05) is 74.0 Å². The molecule has 0 saturated carbocycles. The van der Waals surface area contributed by atoms with Crippen LogP contribution in [0, 0.1) is 0 Å². The van der Waals surface area contributed by atoms with Gasteiger partial charge in [0, 0.05) is 57.4 Å². The monoisotopic (exact) mass is 671 g/mol. The number of hydrogen-bond acceptors (Lipinski definition) is 7. The van der Waals surface area contributed by atoms with Crippen LogP contribution in [0.15, 0.2) is 78.9 Å². The van der Waals surface area contributed by atoms with Gasteiger partial charge < -0.3 is 24.2 Å². The maximum Gasteiger partial charge on any atom is 0.411 e. The second-order valence-electron chi connectivity index (χ2n) is 12.8. The van der Waals surface area contributed by atoms with Crippen molar-refractivity contribution in [2.75, 3.05) is 64.1 Å². The zero-order chi connectivity index (χ0) is 34.8. The molecular weight excluding hydrogens is 618 g/mol. The van der Waals surface area contributed by atoms with Crippen molar-refractivity contribution in [3.63, 3.8) is 0 Å². The molecule has 0 atom stereocenters. The zero-order valence-electron chi connectivity index (χ0n) is 29.4. The normalized spacial score (nSPS) is 13.6. The largest absolute Gasteiger partial charge is 0.449 e. The maximum atomic E-state index is 12.7. The molecule has 0 spiro atoms. The standard InChI is InChI=1S/C39H53N5O5/c1-4-29-48-38(46)40-33-20-18-31(19-21-33)30-42(2)24-12-6-9-17-37(45)43(3)27-28-44-25-22-34(23-26-44)49-39(47)41-36-16-11-10-15-35(36)32-13-7-5-8-14-32/h5,7-8,10-11,13-16,18-21,34H,4,6,9,12,17,22-30H2,1-3H3,(H,40,46)(H,41,47). The van der Waals surface area contributed by atoms with Gasteiger partial charge in [0.1, 0.15) is 6.10 Å². The van der Waals surface area contributed by atoms with Gasteiger partial charge in [0.2, 0.25) is 5.91 Å². The van der Waals surface area contributed by atoms with Gasteiger partial charge in [-0.2, -0.15) is 0 Å². The minimum absolute atomic E-state index is 0.121. The SMILES string of the molecule is CCCOC(=O)Nc1ccc(CN(C)CCCCCC(=O)N(C)CCN2CCC(OC(=O)Nc3ccccc3-c3ccccc3)CC2)cc1. The van der Waals surface area contributed by atoms with E-state index in [0.717, 1.165) is 93.8 Å². The molecule has 1 fully saturated rings. The van der Waals surface area contributed by atoms with Crippen molar-refractivity contribution in [1.82, 2.24) is 14.7 Å². The number of unbranched alkanes of at least 4 members (excludes halogenated alkanes) is 2. The minimum atomic E-state index is -0.427. The quantitative estimate of drug-likeness (QED) is 0.144. The zero-order valence-corrected chi connectivity index (χ0v) is 29.4. The van der Waals surface area contributed by atoms with Gasteiger partial charge in [-0.25, -0.2) is 9.59 Å². The molecule has 0 unspecified atom stereocenters. The van der Waals surface area contributed by atoms with E-state index in [4.69, 9.17) is 9.47 Å². The Labute approximate surface area is 291 Å². The fourth-order valence-corrected chi connectivity index (χ4v) is 5.88. The maximum absolute atomic E-state index is 12.7. The summed E-state index contributed by atoms with van der Waals surface area (Å²) in [5.41, 5.74) is 4.63. The lowest BCUT2D eigenvalue weighted by atomic mass is 10.0. The number of likely N-dealkylation sites (N-methyl/N-ethyl adjacent to an activating group) is 1. The predicted molar refractivity (Wildman–Crippen MR) is 196 cm³/mol. The average Bonchev–Trinajstić information content (AvgIpc) is 3.11. The van der Waals surface area contributed by atoms with E-state index in [-0.39, 0.29) is 12.0 Å². The molecule has 0 bridgehead atoms. The molecule has 3 aromatic rings. The second kappa shape index (κ2) is 20.2. The molecule has 49 heavy (non-hydrogen) atoms.